The average Bonchev–Trinajstić information content (AvgIpc) is 2.65. The SMILES string of the molecule is COc1ccc(C(=O)NCCNC(=O)CC(C)c2ccc(F)cc2)cc1. The van der Waals surface area contributed by atoms with E-state index in [1.54, 1.807) is 43.5 Å². The zero-order chi connectivity index (χ0) is 18.9. The first-order chi connectivity index (χ1) is 12.5. The van der Waals surface area contributed by atoms with Crippen molar-refractivity contribution in [3.63, 3.8) is 0 Å². The number of benzene rings is 2. The van der Waals surface area contributed by atoms with Gasteiger partial charge in [0.05, 0.1) is 7.11 Å². The van der Waals surface area contributed by atoms with E-state index in [4.69, 9.17) is 4.74 Å². The van der Waals surface area contributed by atoms with Gasteiger partial charge in [-0.15, -0.1) is 0 Å². The third-order valence-corrected chi connectivity index (χ3v) is 4.02. The first-order valence-electron chi connectivity index (χ1n) is 8.44. The minimum atomic E-state index is -0.294. The van der Waals surface area contributed by atoms with Gasteiger partial charge in [-0.1, -0.05) is 19.1 Å². The van der Waals surface area contributed by atoms with Gasteiger partial charge in [-0.05, 0) is 47.9 Å². The predicted octanol–water partition coefficient (Wildman–Crippen LogP) is 2.87. The fraction of sp³-hybridized carbons (Fsp3) is 0.300. The van der Waals surface area contributed by atoms with Crippen LogP contribution in [0, 0.1) is 5.82 Å². The Hall–Kier alpha value is -2.89. The standard InChI is InChI=1S/C20H23FN2O3/c1-14(15-3-7-17(21)8-4-15)13-19(24)22-11-12-23-20(25)16-5-9-18(26-2)10-6-16/h3-10,14H,11-13H2,1-2H3,(H,22,24)(H,23,25). The van der Waals surface area contributed by atoms with Crippen LogP contribution in [0.5, 0.6) is 5.75 Å². The lowest BCUT2D eigenvalue weighted by Crippen LogP contribution is -2.35. The van der Waals surface area contributed by atoms with Crippen molar-refractivity contribution in [2.75, 3.05) is 20.2 Å². The fourth-order valence-electron chi connectivity index (χ4n) is 2.48. The number of amides is 2. The molecule has 2 aromatic carbocycles. The average molecular weight is 358 g/mol. The van der Waals surface area contributed by atoms with E-state index in [1.165, 1.54) is 12.1 Å². The highest BCUT2D eigenvalue weighted by atomic mass is 19.1. The quantitative estimate of drug-likeness (QED) is 0.713. The van der Waals surface area contributed by atoms with Gasteiger partial charge in [0.1, 0.15) is 11.6 Å². The Labute approximate surface area is 152 Å². The first kappa shape index (κ1) is 19.4. The van der Waals surface area contributed by atoms with Crippen LogP contribution in [-0.2, 0) is 4.79 Å². The van der Waals surface area contributed by atoms with Gasteiger partial charge in [-0.25, -0.2) is 4.39 Å². The van der Waals surface area contributed by atoms with Crippen molar-refractivity contribution in [1.29, 1.82) is 0 Å². The van der Waals surface area contributed by atoms with Gasteiger partial charge < -0.3 is 15.4 Å². The molecule has 2 N–H and O–H groups in total. The van der Waals surface area contributed by atoms with Crippen molar-refractivity contribution in [1.82, 2.24) is 10.6 Å². The molecule has 5 nitrogen and oxygen atoms in total. The Morgan fingerprint density at radius 2 is 1.62 bits per heavy atom. The summed E-state index contributed by atoms with van der Waals surface area (Å²) < 4.78 is 18.0. The summed E-state index contributed by atoms with van der Waals surface area (Å²) in [6.07, 6.45) is 0.304. The van der Waals surface area contributed by atoms with E-state index < -0.39 is 0 Å². The van der Waals surface area contributed by atoms with E-state index in [9.17, 15) is 14.0 Å². The molecule has 0 heterocycles. The number of rotatable bonds is 8. The highest BCUT2D eigenvalue weighted by Gasteiger charge is 2.11. The lowest BCUT2D eigenvalue weighted by Gasteiger charge is -2.12. The lowest BCUT2D eigenvalue weighted by molar-refractivity contribution is -0.121. The van der Waals surface area contributed by atoms with Gasteiger partial charge in [-0.2, -0.15) is 0 Å². The third kappa shape index (κ3) is 5.88. The van der Waals surface area contributed by atoms with Crippen LogP contribution in [0.3, 0.4) is 0 Å². The van der Waals surface area contributed by atoms with Gasteiger partial charge in [0.25, 0.3) is 5.91 Å². The van der Waals surface area contributed by atoms with E-state index in [0.29, 0.717) is 30.8 Å². The van der Waals surface area contributed by atoms with E-state index in [-0.39, 0.29) is 23.5 Å². The zero-order valence-corrected chi connectivity index (χ0v) is 14.9. The molecule has 0 fully saturated rings. The smallest absolute Gasteiger partial charge is 0.251 e. The molecule has 0 aromatic heterocycles. The predicted molar refractivity (Wildman–Crippen MR) is 97.8 cm³/mol. The summed E-state index contributed by atoms with van der Waals surface area (Å²) in [5, 5.41) is 5.52. The normalized spacial score (nSPS) is 11.5. The Bertz CT molecular complexity index is 730. The zero-order valence-electron chi connectivity index (χ0n) is 14.9. The number of halogens is 1. The summed E-state index contributed by atoms with van der Waals surface area (Å²) >= 11 is 0. The van der Waals surface area contributed by atoms with Crippen molar-refractivity contribution in [2.24, 2.45) is 0 Å². The van der Waals surface area contributed by atoms with Gasteiger partial charge in [0.15, 0.2) is 0 Å². The molecule has 2 aromatic rings. The van der Waals surface area contributed by atoms with E-state index >= 15 is 0 Å². The molecule has 2 rings (SSSR count). The molecule has 1 unspecified atom stereocenters. The second-order valence-corrected chi connectivity index (χ2v) is 5.99. The minimum Gasteiger partial charge on any atom is -0.497 e. The van der Waals surface area contributed by atoms with Crippen LogP contribution < -0.4 is 15.4 Å². The van der Waals surface area contributed by atoms with Crippen LogP contribution in [0.1, 0.15) is 35.2 Å². The van der Waals surface area contributed by atoms with Crippen molar-refractivity contribution in [3.05, 3.63) is 65.5 Å². The number of carbonyl (C=O) groups is 2. The molecule has 1 atom stereocenters. The summed E-state index contributed by atoms with van der Waals surface area (Å²) in [5.74, 6) is 0.0636. The Morgan fingerprint density at radius 3 is 2.23 bits per heavy atom. The molecule has 0 spiro atoms. The van der Waals surface area contributed by atoms with E-state index in [0.717, 1.165) is 5.56 Å². The maximum absolute atomic E-state index is 12.9. The molecule has 0 aliphatic rings. The number of nitrogens with one attached hydrogen (secondary N) is 2. The number of methoxy groups -OCH3 is 1. The molecule has 138 valence electrons. The fourth-order valence-corrected chi connectivity index (χ4v) is 2.48. The minimum absolute atomic E-state index is 0.00973. The van der Waals surface area contributed by atoms with Crippen LogP contribution in [0.15, 0.2) is 48.5 Å². The largest absolute Gasteiger partial charge is 0.497 e. The molecule has 0 aliphatic heterocycles. The highest BCUT2D eigenvalue weighted by Crippen LogP contribution is 2.18. The van der Waals surface area contributed by atoms with E-state index in [1.807, 2.05) is 6.92 Å². The first-order valence-corrected chi connectivity index (χ1v) is 8.44. The molecule has 0 bridgehead atoms. The molecule has 0 radical (unpaired) electrons. The van der Waals surface area contributed by atoms with Crippen LogP contribution in [0.4, 0.5) is 4.39 Å². The van der Waals surface area contributed by atoms with Crippen molar-refractivity contribution in [2.45, 2.75) is 19.3 Å². The molecular formula is C20H23FN2O3. The van der Waals surface area contributed by atoms with Gasteiger partial charge in [0.2, 0.25) is 5.91 Å². The van der Waals surface area contributed by atoms with Crippen LogP contribution in [-0.4, -0.2) is 32.0 Å². The molecule has 0 saturated carbocycles. The van der Waals surface area contributed by atoms with E-state index in [2.05, 4.69) is 10.6 Å². The number of carbonyl (C=O) groups excluding carboxylic acids is 2. The summed E-state index contributed by atoms with van der Waals surface area (Å²) in [6.45, 7) is 2.59. The van der Waals surface area contributed by atoms with Crippen molar-refractivity contribution < 1.29 is 18.7 Å². The topological polar surface area (TPSA) is 67.4 Å². The number of hydrogen-bond donors (Lipinski definition) is 2. The Kier molecular flexibility index (Phi) is 7.14. The van der Waals surface area contributed by atoms with Gasteiger partial charge in [-0.3, -0.25) is 9.59 Å². The summed E-state index contributed by atoms with van der Waals surface area (Å²) in [5.41, 5.74) is 1.44. The molecule has 0 saturated heterocycles. The second kappa shape index (κ2) is 9.56. The van der Waals surface area contributed by atoms with Crippen molar-refractivity contribution in [3.8, 4) is 5.75 Å². The summed E-state index contributed by atoms with van der Waals surface area (Å²) in [7, 11) is 1.56. The summed E-state index contributed by atoms with van der Waals surface area (Å²) in [4.78, 5) is 24.0. The lowest BCUT2D eigenvalue weighted by atomic mass is 9.97. The van der Waals surface area contributed by atoms with Crippen LogP contribution >= 0.6 is 0 Å². The maximum atomic E-state index is 12.9. The maximum Gasteiger partial charge on any atom is 0.251 e. The van der Waals surface area contributed by atoms with Gasteiger partial charge >= 0.3 is 0 Å². The Morgan fingerprint density at radius 1 is 1.00 bits per heavy atom. The molecular weight excluding hydrogens is 335 g/mol. The van der Waals surface area contributed by atoms with Crippen molar-refractivity contribution >= 4 is 11.8 Å². The summed E-state index contributed by atoms with van der Waals surface area (Å²) in [6, 6.07) is 12.9. The number of ether oxygens (including phenoxy) is 1. The highest BCUT2D eigenvalue weighted by molar-refractivity contribution is 5.94. The molecule has 26 heavy (non-hydrogen) atoms. The van der Waals surface area contributed by atoms with Gasteiger partial charge in [0, 0.05) is 25.1 Å². The molecule has 2 amide bonds. The number of hydrogen-bond acceptors (Lipinski definition) is 3. The third-order valence-electron chi connectivity index (χ3n) is 4.02. The molecule has 0 aliphatic carbocycles. The Balaban J connectivity index is 1.69. The molecule has 6 heteroatoms. The van der Waals surface area contributed by atoms with Crippen LogP contribution in [0.2, 0.25) is 0 Å². The monoisotopic (exact) mass is 358 g/mol. The van der Waals surface area contributed by atoms with Crippen LogP contribution in [0.25, 0.3) is 0 Å². The second-order valence-electron chi connectivity index (χ2n) is 5.99.